The first kappa shape index (κ1) is 20.0. The quantitative estimate of drug-likeness (QED) is 0.570. The third-order valence-electron chi connectivity index (χ3n) is 9.31. The Kier molecular flexibility index (Phi) is 4.52. The molecule has 5 nitrogen and oxygen atoms in total. The molecule has 6 heteroatoms. The smallest absolute Gasteiger partial charge is 0.190 e. The molecule has 0 heterocycles. The lowest BCUT2D eigenvalue weighted by Crippen LogP contribution is -2.70. The van der Waals surface area contributed by atoms with Crippen LogP contribution in [0, 0.1) is 28.6 Å². The van der Waals surface area contributed by atoms with E-state index in [2.05, 4.69) is 22.9 Å². The highest BCUT2D eigenvalue weighted by molar-refractivity contribution is 9.10. The summed E-state index contributed by atoms with van der Waals surface area (Å²) in [5.74, 6) is 0.320. The van der Waals surface area contributed by atoms with Gasteiger partial charge in [0.25, 0.3) is 0 Å². The maximum Gasteiger partial charge on any atom is 0.190 e. The van der Waals surface area contributed by atoms with E-state index in [0.717, 1.165) is 25.7 Å². The molecule has 4 rings (SSSR count). The summed E-state index contributed by atoms with van der Waals surface area (Å²) in [5.41, 5.74) is -2.48. The number of halogens is 1. The summed E-state index contributed by atoms with van der Waals surface area (Å²) in [6, 6.07) is 0. The van der Waals surface area contributed by atoms with Crippen LogP contribution >= 0.6 is 15.9 Å². The number of aliphatic hydroxyl groups is 3. The number of carbonyl (C=O) groups excluding carboxylic acids is 2. The van der Waals surface area contributed by atoms with E-state index in [9.17, 15) is 24.9 Å². The Hall–Kier alpha value is -0.300. The molecule has 27 heavy (non-hydrogen) atoms. The fraction of sp³-hybridized carbons (Fsp3) is 0.905. The van der Waals surface area contributed by atoms with Crippen molar-refractivity contribution in [2.75, 3.05) is 6.61 Å². The lowest BCUT2D eigenvalue weighted by atomic mass is 9.43. The zero-order valence-corrected chi connectivity index (χ0v) is 17.8. The van der Waals surface area contributed by atoms with Gasteiger partial charge in [-0.2, -0.15) is 0 Å². The molecule has 8 atom stereocenters. The molecular formula is C21H31BrO5. The lowest BCUT2D eigenvalue weighted by molar-refractivity contribution is -0.186. The first-order chi connectivity index (χ1) is 12.5. The molecule has 152 valence electrons. The van der Waals surface area contributed by atoms with Gasteiger partial charge in [-0.15, -0.1) is 0 Å². The number of hydrogen-bond acceptors (Lipinski definition) is 5. The van der Waals surface area contributed by atoms with E-state index in [1.165, 1.54) is 0 Å². The molecule has 0 aromatic rings. The Labute approximate surface area is 169 Å². The number of ketones is 2. The van der Waals surface area contributed by atoms with Crippen molar-refractivity contribution in [3.05, 3.63) is 0 Å². The van der Waals surface area contributed by atoms with Crippen LogP contribution in [-0.2, 0) is 9.59 Å². The Morgan fingerprint density at radius 1 is 1.15 bits per heavy atom. The molecule has 0 saturated heterocycles. The molecule has 0 spiro atoms. The highest BCUT2D eigenvalue weighted by Crippen LogP contribution is 2.72. The van der Waals surface area contributed by atoms with Gasteiger partial charge < -0.3 is 15.3 Å². The van der Waals surface area contributed by atoms with E-state index in [1.54, 1.807) is 0 Å². The second kappa shape index (κ2) is 6.10. The number of Topliss-reactive ketones (excluding diaryl/α,β-unsaturated/α-hetero) is 2. The average molecular weight is 443 g/mol. The van der Waals surface area contributed by atoms with Crippen molar-refractivity contribution in [3.63, 3.8) is 0 Å². The van der Waals surface area contributed by atoms with E-state index in [0.29, 0.717) is 31.5 Å². The van der Waals surface area contributed by atoms with E-state index in [-0.39, 0.29) is 23.2 Å². The van der Waals surface area contributed by atoms with Crippen molar-refractivity contribution in [2.45, 2.75) is 81.2 Å². The summed E-state index contributed by atoms with van der Waals surface area (Å²) in [4.78, 5) is 24.5. The zero-order valence-electron chi connectivity index (χ0n) is 16.2. The van der Waals surface area contributed by atoms with Crippen LogP contribution in [0.15, 0.2) is 0 Å². The van der Waals surface area contributed by atoms with E-state index >= 15 is 0 Å². The third kappa shape index (κ3) is 2.27. The standard InChI is InChI=1S/C21H31BrO5/c1-18-7-5-13(24)9-12(18)3-4-15-14-6-8-20(27,17(26)11-23)19(14,2)10-16(25)21(15,18)22/h12,14-16,23,25,27H,3-11H2,1-2H3/t12?,14-,15-,16?,18-,19-,20-,21-/m0/s1. The molecule has 0 aromatic carbocycles. The highest BCUT2D eigenvalue weighted by Gasteiger charge is 2.73. The molecule has 2 unspecified atom stereocenters. The SMILES string of the molecule is C[C@]12CCC(=O)CC1CC[C@H]1[C@@H]3CC[C@](O)(C(=O)CO)[C@@]3(C)CC(O)[C@@]12Br. The van der Waals surface area contributed by atoms with Gasteiger partial charge >= 0.3 is 0 Å². The Balaban J connectivity index is 1.76. The van der Waals surface area contributed by atoms with Crippen LogP contribution < -0.4 is 0 Å². The van der Waals surface area contributed by atoms with Crippen molar-refractivity contribution in [1.29, 1.82) is 0 Å². The van der Waals surface area contributed by atoms with Crippen molar-refractivity contribution >= 4 is 27.5 Å². The molecule has 0 aliphatic heterocycles. The first-order valence-electron chi connectivity index (χ1n) is 10.3. The summed E-state index contributed by atoms with van der Waals surface area (Å²) in [6.07, 6.45) is 4.47. The topological polar surface area (TPSA) is 94.8 Å². The lowest BCUT2D eigenvalue weighted by Gasteiger charge is -2.66. The van der Waals surface area contributed by atoms with Gasteiger partial charge in [0, 0.05) is 18.3 Å². The van der Waals surface area contributed by atoms with Crippen LogP contribution in [0.4, 0.5) is 0 Å². The van der Waals surface area contributed by atoms with Gasteiger partial charge in [0.1, 0.15) is 18.0 Å². The molecule has 4 fully saturated rings. The molecule has 4 aliphatic rings. The van der Waals surface area contributed by atoms with Crippen LogP contribution in [0.2, 0.25) is 0 Å². The van der Waals surface area contributed by atoms with Gasteiger partial charge in [0.15, 0.2) is 5.78 Å². The molecule has 0 aromatic heterocycles. The van der Waals surface area contributed by atoms with Crippen LogP contribution in [0.3, 0.4) is 0 Å². The van der Waals surface area contributed by atoms with Gasteiger partial charge in [-0.3, -0.25) is 9.59 Å². The summed E-state index contributed by atoms with van der Waals surface area (Å²) >= 11 is 4.03. The minimum Gasteiger partial charge on any atom is -0.392 e. The number of alkyl halides is 1. The van der Waals surface area contributed by atoms with Crippen LogP contribution in [0.1, 0.15) is 65.2 Å². The number of hydrogen-bond donors (Lipinski definition) is 3. The Bertz CT molecular complexity index is 681. The second-order valence-electron chi connectivity index (χ2n) is 10.0. The fourth-order valence-electron chi connectivity index (χ4n) is 7.65. The van der Waals surface area contributed by atoms with Gasteiger partial charge in [-0.1, -0.05) is 29.8 Å². The first-order valence-corrected chi connectivity index (χ1v) is 11.1. The monoisotopic (exact) mass is 442 g/mol. The van der Waals surface area contributed by atoms with Gasteiger partial charge in [-0.25, -0.2) is 0 Å². The maximum absolute atomic E-state index is 12.4. The highest BCUT2D eigenvalue weighted by atomic mass is 79.9. The minimum absolute atomic E-state index is 0.108. The largest absolute Gasteiger partial charge is 0.392 e. The summed E-state index contributed by atoms with van der Waals surface area (Å²) < 4.78 is -0.499. The number of carbonyl (C=O) groups is 2. The normalized spacial score (nSPS) is 54.8. The number of aliphatic hydroxyl groups excluding tert-OH is 2. The van der Waals surface area contributed by atoms with Gasteiger partial charge in [0.2, 0.25) is 0 Å². The molecule has 0 radical (unpaired) electrons. The van der Waals surface area contributed by atoms with Crippen LogP contribution in [0.25, 0.3) is 0 Å². The Morgan fingerprint density at radius 2 is 1.85 bits per heavy atom. The third-order valence-corrected chi connectivity index (χ3v) is 11.3. The van der Waals surface area contributed by atoms with Gasteiger partial charge in [0.05, 0.1) is 10.4 Å². The predicted molar refractivity (Wildman–Crippen MR) is 103 cm³/mol. The number of rotatable bonds is 2. The second-order valence-corrected chi connectivity index (χ2v) is 11.3. The molecule has 0 amide bonds. The van der Waals surface area contributed by atoms with Crippen molar-refractivity contribution < 1.29 is 24.9 Å². The zero-order chi connectivity index (χ0) is 19.8. The van der Waals surface area contributed by atoms with Crippen LogP contribution in [0.5, 0.6) is 0 Å². The van der Waals surface area contributed by atoms with Gasteiger partial charge in [-0.05, 0) is 61.7 Å². The maximum atomic E-state index is 12.4. The van der Waals surface area contributed by atoms with Crippen molar-refractivity contribution in [2.24, 2.45) is 28.6 Å². The Morgan fingerprint density at radius 3 is 2.52 bits per heavy atom. The summed E-state index contributed by atoms with van der Waals surface area (Å²) in [7, 11) is 0. The molecule has 4 aliphatic carbocycles. The molecular weight excluding hydrogens is 412 g/mol. The molecule has 0 bridgehead atoms. The molecule has 4 saturated carbocycles. The minimum atomic E-state index is -1.57. The predicted octanol–water partition coefficient (Wildman–Crippen LogP) is 2.38. The fourth-order valence-corrected chi connectivity index (χ4v) is 8.88. The van der Waals surface area contributed by atoms with Crippen molar-refractivity contribution in [1.82, 2.24) is 0 Å². The van der Waals surface area contributed by atoms with Crippen molar-refractivity contribution in [3.8, 4) is 0 Å². The molecule has 3 N–H and O–H groups in total. The van der Waals surface area contributed by atoms with Crippen LogP contribution in [-0.4, -0.2) is 49.5 Å². The number of fused-ring (bicyclic) bond motifs is 5. The van der Waals surface area contributed by atoms with E-state index in [1.807, 2.05) is 6.92 Å². The summed E-state index contributed by atoms with van der Waals surface area (Å²) in [5, 5.41) is 32.1. The summed E-state index contributed by atoms with van der Waals surface area (Å²) in [6.45, 7) is 3.48. The van der Waals surface area contributed by atoms with E-state index in [4.69, 9.17) is 0 Å². The average Bonchev–Trinajstić information content (AvgIpc) is 2.88. The van der Waals surface area contributed by atoms with E-state index < -0.39 is 33.8 Å².